The SMILES string of the molecule is CC/C=C\C1=C(/C=C\C[N]([Al])[Al])Cc2ccccc21. The zero-order valence-electron chi connectivity index (χ0n) is 11.3. The Kier molecular flexibility index (Phi) is 5.71. The average molecular weight is 277 g/mol. The Morgan fingerprint density at radius 3 is 2.68 bits per heavy atom. The van der Waals surface area contributed by atoms with E-state index in [2.05, 4.69) is 88.5 Å². The van der Waals surface area contributed by atoms with E-state index >= 15 is 0 Å². The summed E-state index contributed by atoms with van der Waals surface area (Å²) in [5.41, 5.74) is 5.63. The summed E-state index contributed by atoms with van der Waals surface area (Å²) in [4.78, 5) is 0. The summed E-state index contributed by atoms with van der Waals surface area (Å²) in [6, 6.07) is 8.70. The summed E-state index contributed by atoms with van der Waals surface area (Å²) < 4.78 is 2.01. The second kappa shape index (κ2) is 7.30. The maximum Gasteiger partial charge on any atom is 0.227 e. The molecular weight excluding hydrogens is 260 g/mol. The molecule has 0 atom stereocenters. The van der Waals surface area contributed by atoms with Crippen molar-refractivity contribution in [3.05, 3.63) is 65.3 Å². The monoisotopic (exact) mass is 277 g/mol. The van der Waals surface area contributed by atoms with E-state index in [1.807, 2.05) is 2.87 Å². The second-order valence-electron chi connectivity index (χ2n) is 4.68. The second-order valence-corrected chi connectivity index (χ2v) is 6.61. The summed E-state index contributed by atoms with van der Waals surface area (Å²) >= 11 is 5.30. The third kappa shape index (κ3) is 3.96. The molecule has 0 saturated carbocycles. The minimum Gasteiger partial charge on any atom is -0.498 e. The van der Waals surface area contributed by atoms with E-state index in [4.69, 9.17) is 0 Å². The predicted molar refractivity (Wildman–Crippen MR) is 83.9 cm³/mol. The van der Waals surface area contributed by atoms with Crippen LogP contribution in [0.25, 0.3) is 5.57 Å². The van der Waals surface area contributed by atoms with E-state index in [0.29, 0.717) is 0 Å². The van der Waals surface area contributed by atoms with Crippen LogP contribution in [0, 0.1) is 0 Å². The zero-order chi connectivity index (χ0) is 13.7. The average Bonchev–Trinajstić information content (AvgIpc) is 2.74. The van der Waals surface area contributed by atoms with Crippen molar-refractivity contribution in [2.24, 2.45) is 0 Å². The Labute approximate surface area is 133 Å². The van der Waals surface area contributed by atoms with Gasteiger partial charge in [0.2, 0.25) is 33.0 Å². The highest BCUT2D eigenvalue weighted by atomic mass is 27.1. The molecule has 1 aliphatic rings. The van der Waals surface area contributed by atoms with E-state index in [1.54, 1.807) is 0 Å². The fraction of sp³-hybridized carbons (Fsp3) is 0.250. The summed E-state index contributed by atoms with van der Waals surface area (Å²) in [5.74, 6) is 0. The Morgan fingerprint density at radius 1 is 1.16 bits per heavy atom. The molecule has 0 saturated heterocycles. The molecule has 0 heterocycles. The Balaban J connectivity index is 2.28. The van der Waals surface area contributed by atoms with E-state index < -0.39 is 0 Å². The fourth-order valence-electron chi connectivity index (χ4n) is 2.31. The molecule has 1 aromatic carbocycles. The van der Waals surface area contributed by atoms with Gasteiger partial charge < -0.3 is 2.87 Å². The maximum absolute atomic E-state index is 2.65. The first-order chi connectivity index (χ1) is 9.22. The molecule has 1 aliphatic carbocycles. The van der Waals surface area contributed by atoms with Gasteiger partial charge in [-0.05, 0) is 41.7 Å². The molecule has 4 radical (unpaired) electrons. The van der Waals surface area contributed by atoms with Gasteiger partial charge in [-0.2, -0.15) is 0 Å². The van der Waals surface area contributed by atoms with Crippen LogP contribution in [0.15, 0.2) is 54.1 Å². The topological polar surface area (TPSA) is 3.24 Å². The van der Waals surface area contributed by atoms with Crippen LogP contribution in [-0.2, 0) is 6.42 Å². The quantitative estimate of drug-likeness (QED) is 0.748. The van der Waals surface area contributed by atoms with Crippen LogP contribution >= 0.6 is 0 Å². The summed E-state index contributed by atoms with van der Waals surface area (Å²) in [6.07, 6.45) is 11.1. The molecule has 3 heteroatoms. The van der Waals surface area contributed by atoms with Crippen LogP contribution in [0.4, 0.5) is 0 Å². The van der Waals surface area contributed by atoms with Gasteiger partial charge in [-0.3, -0.25) is 0 Å². The largest absolute Gasteiger partial charge is 0.498 e. The molecule has 1 nitrogen and oxygen atoms in total. The number of fused-ring (bicyclic) bond motifs is 1. The van der Waals surface area contributed by atoms with Crippen molar-refractivity contribution in [1.29, 1.82) is 0 Å². The van der Waals surface area contributed by atoms with Gasteiger partial charge in [0.15, 0.2) is 0 Å². The Morgan fingerprint density at radius 2 is 1.95 bits per heavy atom. The van der Waals surface area contributed by atoms with Crippen molar-refractivity contribution in [3.63, 3.8) is 0 Å². The minimum absolute atomic E-state index is 0.917. The highest BCUT2D eigenvalue weighted by Gasteiger charge is 2.16. The van der Waals surface area contributed by atoms with Crippen molar-refractivity contribution in [2.45, 2.75) is 19.8 Å². The predicted octanol–water partition coefficient (Wildman–Crippen LogP) is 2.99. The summed E-state index contributed by atoms with van der Waals surface area (Å²) in [6.45, 7) is 3.09. The van der Waals surface area contributed by atoms with Crippen LogP contribution in [-0.4, -0.2) is 42.4 Å². The van der Waals surface area contributed by atoms with E-state index in [0.717, 1.165) is 19.4 Å². The molecule has 19 heavy (non-hydrogen) atoms. The van der Waals surface area contributed by atoms with Gasteiger partial charge in [0.25, 0.3) is 0 Å². The summed E-state index contributed by atoms with van der Waals surface area (Å²) in [5, 5.41) is 0. The normalized spacial score (nSPS) is 15.1. The highest BCUT2D eigenvalue weighted by Crippen LogP contribution is 2.34. The lowest BCUT2D eigenvalue weighted by Gasteiger charge is -2.08. The summed E-state index contributed by atoms with van der Waals surface area (Å²) in [7, 11) is 0. The molecule has 0 aromatic heterocycles. The smallest absolute Gasteiger partial charge is 0.227 e. The minimum atomic E-state index is 0.917. The van der Waals surface area contributed by atoms with Gasteiger partial charge in [0, 0.05) is 0 Å². The molecule has 92 valence electrons. The lowest BCUT2D eigenvalue weighted by atomic mass is 10.0. The Bertz CT molecular complexity index is 527. The number of hydrogen-bond donors (Lipinski definition) is 0. The number of nitrogens with zero attached hydrogens (tertiary/aromatic N) is 1. The molecular formula is C16H17Al2N. The standard InChI is InChI=1S/C16H17N.2Al/c1-2-3-9-15-14(8-6-11-17)12-13-7-4-5-10-16(13)15;;/h3-10H,2,11-12H2,1H3;;/b8-6-,9-3-;;. The molecule has 0 N–H and O–H groups in total. The fourth-order valence-corrected chi connectivity index (χ4v) is 2.55. The van der Waals surface area contributed by atoms with E-state index in [9.17, 15) is 0 Å². The number of allylic oxidation sites excluding steroid dienone is 5. The van der Waals surface area contributed by atoms with Crippen molar-refractivity contribution in [1.82, 2.24) is 2.87 Å². The molecule has 0 aliphatic heterocycles. The first-order valence-electron chi connectivity index (χ1n) is 6.63. The zero-order valence-corrected chi connectivity index (χ0v) is 13.7. The first kappa shape index (κ1) is 14.9. The van der Waals surface area contributed by atoms with Gasteiger partial charge in [-0.25, -0.2) is 0 Å². The van der Waals surface area contributed by atoms with Gasteiger partial charge in [0.05, 0.1) is 0 Å². The molecule has 0 fully saturated rings. The van der Waals surface area contributed by atoms with E-state index in [-0.39, 0.29) is 0 Å². The highest BCUT2D eigenvalue weighted by molar-refractivity contribution is 6.25. The van der Waals surface area contributed by atoms with Crippen LogP contribution in [0.5, 0.6) is 0 Å². The van der Waals surface area contributed by atoms with Gasteiger partial charge in [-0.15, -0.1) is 0 Å². The van der Waals surface area contributed by atoms with Crippen molar-refractivity contribution in [3.8, 4) is 0 Å². The van der Waals surface area contributed by atoms with Gasteiger partial charge in [0.1, 0.15) is 0 Å². The Hall–Kier alpha value is -0.535. The first-order valence-corrected chi connectivity index (χ1v) is 7.67. The van der Waals surface area contributed by atoms with Crippen LogP contribution in [0.3, 0.4) is 0 Å². The number of rotatable bonds is 5. The van der Waals surface area contributed by atoms with Gasteiger partial charge >= 0.3 is 0 Å². The lowest BCUT2D eigenvalue weighted by molar-refractivity contribution is 0.794. The third-order valence-corrected chi connectivity index (χ3v) is 3.61. The van der Waals surface area contributed by atoms with Crippen LogP contribution in [0.1, 0.15) is 24.5 Å². The van der Waals surface area contributed by atoms with E-state index in [1.165, 1.54) is 22.3 Å². The third-order valence-electron chi connectivity index (χ3n) is 3.19. The number of benzene rings is 1. The maximum atomic E-state index is 2.65. The van der Waals surface area contributed by atoms with Crippen molar-refractivity contribution in [2.75, 3.05) is 6.54 Å². The molecule has 1 aromatic rings. The molecule has 0 spiro atoms. The molecule has 0 unspecified atom stereocenters. The lowest BCUT2D eigenvalue weighted by Crippen LogP contribution is -2.15. The molecule has 2 rings (SSSR count). The van der Waals surface area contributed by atoms with Crippen molar-refractivity contribution >= 4 is 38.6 Å². The van der Waals surface area contributed by atoms with Crippen molar-refractivity contribution < 1.29 is 0 Å². The van der Waals surface area contributed by atoms with Gasteiger partial charge in [-0.1, -0.05) is 55.5 Å². The molecule has 0 amide bonds. The molecule has 0 bridgehead atoms. The van der Waals surface area contributed by atoms with Crippen LogP contribution in [0.2, 0.25) is 0 Å². The van der Waals surface area contributed by atoms with Crippen LogP contribution < -0.4 is 0 Å². The number of hydrogen-bond acceptors (Lipinski definition) is 1.